The highest BCUT2D eigenvalue weighted by Gasteiger charge is 2.08. The third-order valence-corrected chi connectivity index (χ3v) is 1.68. The van der Waals surface area contributed by atoms with E-state index in [0.29, 0.717) is 6.42 Å². The van der Waals surface area contributed by atoms with E-state index in [-0.39, 0.29) is 5.91 Å². The third kappa shape index (κ3) is 14.3. The molecule has 1 amide bonds. The van der Waals surface area contributed by atoms with Crippen molar-refractivity contribution in [1.29, 1.82) is 0 Å². The van der Waals surface area contributed by atoms with Crippen LogP contribution in [0.1, 0.15) is 34.1 Å². The molecule has 80 valence electrons. The zero-order valence-electron chi connectivity index (χ0n) is 9.16. The topological polar surface area (TPSA) is 60.8 Å². The Morgan fingerprint density at radius 1 is 1.38 bits per heavy atom. The largest absolute Gasteiger partial charge is 0.366 e. The second-order valence-electron chi connectivity index (χ2n) is 3.10. The summed E-state index contributed by atoms with van der Waals surface area (Å²) in [5.41, 5.74) is 0. The Morgan fingerprint density at radius 2 is 1.69 bits per heavy atom. The van der Waals surface area contributed by atoms with E-state index < -0.39 is 5.79 Å². The molecule has 0 radical (unpaired) electrons. The summed E-state index contributed by atoms with van der Waals surface area (Å²) in [6, 6.07) is 0. The first-order valence-electron chi connectivity index (χ1n) is 4.41. The molecule has 0 spiro atoms. The van der Waals surface area contributed by atoms with Crippen LogP contribution in [-0.2, 0) is 4.79 Å². The maximum Gasteiger partial charge on any atom is 0.219 e. The van der Waals surface area contributed by atoms with E-state index in [9.17, 15) is 4.79 Å². The Bertz CT molecular complexity index is 140. The summed E-state index contributed by atoms with van der Waals surface area (Å²) in [5, 5.41) is 16.8. The minimum Gasteiger partial charge on any atom is -0.366 e. The first-order chi connectivity index (χ1) is 5.74. The molecule has 0 bridgehead atoms. The van der Waals surface area contributed by atoms with E-state index in [1.165, 1.54) is 6.92 Å². The van der Waals surface area contributed by atoms with Crippen LogP contribution < -0.4 is 0 Å². The van der Waals surface area contributed by atoms with Crippen LogP contribution in [-0.4, -0.2) is 40.4 Å². The number of nitrogens with zero attached hydrogens (tertiary/aromatic N) is 1. The van der Waals surface area contributed by atoms with Crippen LogP contribution in [0.25, 0.3) is 0 Å². The van der Waals surface area contributed by atoms with E-state index >= 15 is 0 Å². The standard InChI is InChI=1S/C5H11NO.C4H10O2/c1-4-6(3)5(2)7;1-3-4(2,5)6/h4H2,1-3H3;5-6H,3H2,1-2H3. The number of carbonyl (C=O) groups is 1. The van der Waals surface area contributed by atoms with Crippen molar-refractivity contribution in [3.05, 3.63) is 0 Å². The molecule has 0 saturated carbocycles. The molecule has 0 rings (SSSR count). The lowest BCUT2D eigenvalue weighted by Crippen LogP contribution is -2.22. The molecule has 0 aliphatic carbocycles. The number of hydrogen-bond donors (Lipinski definition) is 2. The van der Waals surface area contributed by atoms with Crippen LogP contribution in [0, 0.1) is 0 Å². The van der Waals surface area contributed by atoms with Crippen molar-refractivity contribution in [2.24, 2.45) is 0 Å². The molecule has 0 aromatic carbocycles. The molecule has 0 aliphatic heterocycles. The summed E-state index contributed by atoms with van der Waals surface area (Å²) < 4.78 is 0. The third-order valence-electron chi connectivity index (χ3n) is 1.68. The molecule has 0 atom stereocenters. The monoisotopic (exact) mass is 191 g/mol. The van der Waals surface area contributed by atoms with E-state index in [1.807, 2.05) is 6.92 Å². The number of aliphatic hydroxyl groups is 2. The Hall–Kier alpha value is -0.610. The summed E-state index contributed by atoms with van der Waals surface area (Å²) in [5.74, 6) is -1.33. The summed E-state index contributed by atoms with van der Waals surface area (Å²) >= 11 is 0. The zero-order valence-corrected chi connectivity index (χ0v) is 9.16. The van der Waals surface area contributed by atoms with Gasteiger partial charge >= 0.3 is 0 Å². The fourth-order valence-electron chi connectivity index (χ4n) is 0.223. The molecule has 0 heterocycles. The van der Waals surface area contributed by atoms with Crippen LogP contribution >= 0.6 is 0 Å². The van der Waals surface area contributed by atoms with E-state index in [4.69, 9.17) is 10.2 Å². The van der Waals surface area contributed by atoms with Crippen LogP contribution in [0.3, 0.4) is 0 Å². The van der Waals surface area contributed by atoms with Gasteiger partial charge in [-0.25, -0.2) is 0 Å². The molecular weight excluding hydrogens is 170 g/mol. The first-order valence-corrected chi connectivity index (χ1v) is 4.41. The van der Waals surface area contributed by atoms with Gasteiger partial charge in [0.1, 0.15) is 0 Å². The van der Waals surface area contributed by atoms with E-state index in [2.05, 4.69) is 0 Å². The predicted octanol–water partition coefficient (Wildman–Crippen LogP) is 0.582. The van der Waals surface area contributed by atoms with Crippen molar-refractivity contribution in [2.75, 3.05) is 13.6 Å². The van der Waals surface area contributed by atoms with Gasteiger partial charge in [0, 0.05) is 20.5 Å². The van der Waals surface area contributed by atoms with Gasteiger partial charge in [-0.2, -0.15) is 0 Å². The van der Waals surface area contributed by atoms with Gasteiger partial charge in [0.2, 0.25) is 5.91 Å². The van der Waals surface area contributed by atoms with Crippen LogP contribution in [0.15, 0.2) is 0 Å². The van der Waals surface area contributed by atoms with Crippen molar-refractivity contribution in [3.8, 4) is 0 Å². The van der Waals surface area contributed by atoms with Crippen molar-refractivity contribution in [3.63, 3.8) is 0 Å². The molecular formula is C9H21NO3. The first kappa shape index (κ1) is 14.9. The normalized spacial score (nSPS) is 10.1. The maximum absolute atomic E-state index is 10.3. The smallest absolute Gasteiger partial charge is 0.219 e. The van der Waals surface area contributed by atoms with Crippen LogP contribution in [0.4, 0.5) is 0 Å². The Labute approximate surface area is 80.2 Å². The highest BCUT2D eigenvalue weighted by Crippen LogP contribution is 1.99. The number of amides is 1. The quantitative estimate of drug-likeness (QED) is 0.628. The highest BCUT2D eigenvalue weighted by molar-refractivity contribution is 5.72. The SMILES string of the molecule is CCC(C)(O)O.CCN(C)C(C)=O. The molecule has 4 nitrogen and oxygen atoms in total. The lowest BCUT2D eigenvalue weighted by atomic mass is 10.3. The molecule has 0 aromatic heterocycles. The maximum atomic E-state index is 10.3. The summed E-state index contributed by atoms with van der Waals surface area (Å²) in [6.07, 6.45) is 0.382. The van der Waals surface area contributed by atoms with Crippen molar-refractivity contribution in [1.82, 2.24) is 4.90 Å². The molecule has 0 fully saturated rings. The summed E-state index contributed by atoms with van der Waals surface area (Å²) in [7, 11) is 1.78. The van der Waals surface area contributed by atoms with Gasteiger partial charge in [-0.05, 0) is 20.3 Å². The Balaban J connectivity index is 0. The van der Waals surface area contributed by atoms with Crippen molar-refractivity contribution < 1.29 is 15.0 Å². The fraction of sp³-hybridized carbons (Fsp3) is 0.889. The van der Waals surface area contributed by atoms with Gasteiger partial charge in [-0.1, -0.05) is 6.92 Å². The minimum absolute atomic E-state index is 0.127. The second kappa shape index (κ2) is 6.86. The molecule has 0 saturated heterocycles. The van der Waals surface area contributed by atoms with Gasteiger partial charge in [-0.3, -0.25) is 4.79 Å². The van der Waals surface area contributed by atoms with Crippen molar-refractivity contribution >= 4 is 5.91 Å². The van der Waals surface area contributed by atoms with E-state index in [1.54, 1.807) is 25.8 Å². The zero-order chi connectivity index (χ0) is 11.1. The van der Waals surface area contributed by atoms with Crippen LogP contribution in [0.2, 0.25) is 0 Å². The van der Waals surface area contributed by atoms with Crippen molar-refractivity contribution in [2.45, 2.75) is 39.9 Å². The molecule has 0 aromatic rings. The fourth-order valence-corrected chi connectivity index (χ4v) is 0.223. The molecule has 0 aliphatic rings. The van der Waals surface area contributed by atoms with Gasteiger partial charge in [0.05, 0.1) is 0 Å². The molecule has 13 heavy (non-hydrogen) atoms. The van der Waals surface area contributed by atoms with Crippen LogP contribution in [0.5, 0.6) is 0 Å². The summed E-state index contributed by atoms with van der Waals surface area (Å²) in [6.45, 7) is 7.37. The Morgan fingerprint density at radius 3 is 1.69 bits per heavy atom. The van der Waals surface area contributed by atoms with Gasteiger partial charge in [-0.15, -0.1) is 0 Å². The molecule has 2 N–H and O–H groups in total. The van der Waals surface area contributed by atoms with Gasteiger partial charge in [0.15, 0.2) is 5.79 Å². The van der Waals surface area contributed by atoms with E-state index in [0.717, 1.165) is 6.54 Å². The molecule has 0 unspecified atom stereocenters. The highest BCUT2D eigenvalue weighted by atomic mass is 16.5. The Kier molecular flexibility index (Phi) is 7.85. The number of hydrogen-bond acceptors (Lipinski definition) is 3. The predicted molar refractivity (Wildman–Crippen MR) is 52.1 cm³/mol. The van der Waals surface area contributed by atoms with Gasteiger partial charge in [0.25, 0.3) is 0 Å². The average molecular weight is 191 g/mol. The molecule has 4 heteroatoms. The number of rotatable bonds is 2. The number of carbonyl (C=O) groups excluding carboxylic acids is 1. The lowest BCUT2D eigenvalue weighted by molar-refractivity contribution is -0.145. The minimum atomic E-state index is -1.46. The van der Waals surface area contributed by atoms with Gasteiger partial charge < -0.3 is 15.1 Å². The lowest BCUT2D eigenvalue weighted by Gasteiger charge is -2.10. The average Bonchev–Trinajstić information content (AvgIpc) is 2.02. The second-order valence-corrected chi connectivity index (χ2v) is 3.10. The summed E-state index contributed by atoms with van der Waals surface area (Å²) in [4.78, 5) is 12.0.